The average Bonchev–Trinajstić information content (AvgIpc) is 2.37. The van der Waals surface area contributed by atoms with Crippen LogP contribution in [-0.2, 0) is 16.3 Å². The van der Waals surface area contributed by atoms with Gasteiger partial charge in [-0.05, 0) is 29.7 Å². The van der Waals surface area contributed by atoms with E-state index in [-0.39, 0.29) is 6.04 Å². The molecule has 2 aromatic carbocycles. The number of rotatable bonds is 4. The molecule has 3 nitrogen and oxygen atoms in total. The predicted molar refractivity (Wildman–Crippen MR) is 79.9 cm³/mol. The highest BCUT2D eigenvalue weighted by atomic mass is 32.2. The summed E-state index contributed by atoms with van der Waals surface area (Å²) >= 11 is 0. The summed E-state index contributed by atoms with van der Waals surface area (Å²) in [6, 6.07) is 13.7. The lowest BCUT2D eigenvalue weighted by molar-refractivity contribution is 0.562. The van der Waals surface area contributed by atoms with Gasteiger partial charge >= 0.3 is 0 Å². The Balaban J connectivity index is 2.32. The van der Waals surface area contributed by atoms with Crippen LogP contribution >= 0.6 is 0 Å². The van der Waals surface area contributed by atoms with Crippen LogP contribution in [0.1, 0.15) is 12.5 Å². The van der Waals surface area contributed by atoms with Crippen molar-refractivity contribution in [2.75, 3.05) is 6.26 Å². The quantitative estimate of drug-likeness (QED) is 0.931. The Kier molecular flexibility index (Phi) is 3.92. The second-order valence-corrected chi connectivity index (χ2v) is 7.44. The largest absolute Gasteiger partial charge is 0.326 e. The molecule has 0 amide bonds. The van der Waals surface area contributed by atoms with Crippen LogP contribution in [0.25, 0.3) is 10.8 Å². The molecular formula is C15H19NO2S. The zero-order chi connectivity index (χ0) is 14.0. The van der Waals surface area contributed by atoms with Gasteiger partial charge in [0.25, 0.3) is 0 Å². The Labute approximate surface area is 114 Å². The lowest BCUT2D eigenvalue weighted by Gasteiger charge is -2.19. The van der Waals surface area contributed by atoms with Crippen LogP contribution in [0.3, 0.4) is 0 Å². The maximum Gasteiger partial charge on any atom is 0.151 e. The van der Waals surface area contributed by atoms with E-state index < -0.39 is 15.1 Å². The molecule has 2 atom stereocenters. The fourth-order valence-corrected chi connectivity index (χ4v) is 2.94. The summed E-state index contributed by atoms with van der Waals surface area (Å²) in [7, 11) is -3.10. The van der Waals surface area contributed by atoms with Gasteiger partial charge in [0.05, 0.1) is 5.25 Å². The minimum atomic E-state index is -3.10. The van der Waals surface area contributed by atoms with E-state index in [0.717, 1.165) is 16.3 Å². The van der Waals surface area contributed by atoms with E-state index in [2.05, 4.69) is 0 Å². The molecule has 0 aromatic heterocycles. The van der Waals surface area contributed by atoms with Crippen LogP contribution in [-0.4, -0.2) is 26.0 Å². The van der Waals surface area contributed by atoms with E-state index in [1.165, 1.54) is 6.26 Å². The van der Waals surface area contributed by atoms with Crippen molar-refractivity contribution in [2.24, 2.45) is 5.73 Å². The fourth-order valence-electron chi connectivity index (χ4n) is 2.21. The van der Waals surface area contributed by atoms with E-state index in [1.807, 2.05) is 42.5 Å². The van der Waals surface area contributed by atoms with Gasteiger partial charge in [0, 0.05) is 12.3 Å². The van der Waals surface area contributed by atoms with Crippen molar-refractivity contribution < 1.29 is 8.42 Å². The van der Waals surface area contributed by atoms with Crippen LogP contribution < -0.4 is 5.73 Å². The lowest BCUT2D eigenvalue weighted by atomic mass is 9.98. The molecule has 0 fully saturated rings. The van der Waals surface area contributed by atoms with Crippen molar-refractivity contribution in [3.63, 3.8) is 0 Å². The lowest BCUT2D eigenvalue weighted by Crippen LogP contribution is -2.39. The minimum Gasteiger partial charge on any atom is -0.326 e. The Morgan fingerprint density at radius 1 is 1.11 bits per heavy atom. The van der Waals surface area contributed by atoms with Crippen molar-refractivity contribution in [1.82, 2.24) is 0 Å². The van der Waals surface area contributed by atoms with Gasteiger partial charge in [0.2, 0.25) is 0 Å². The van der Waals surface area contributed by atoms with Crippen molar-refractivity contribution in [3.8, 4) is 0 Å². The third kappa shape index (κ3) is 3.14. The third-order valence-corrected chi connectivity index (χ3v) is 5.31. The SMILES string of the molecule is CC(C(N)Cc1cccc2ccccc12)S(C)(=O)=O. The van der Waals surface area contributed by atoms with E-state index >= 15 is 0 Å². The molecular weight excluding hydrogens is 258 g/mol. The van der Waals surface area contributed by atoms with Crippen LogP contribution in [0, 0.1) is 0 Å². The summed E-state index contributed by atoms with van der Waals surface area (Å²) in [6.45, 7) is 1.67. The molecule has 102 valence electrons. The van der Waals surface area contributed by atoms with Gasteiger partial charge in [0.1, 0.15) is 0 Å². The first-order valence-corrected chi connectivity index (χ1v) is 8.26. The van der Waals surface area contributed by atoms with Crippen molar-refractivity contribution >= 4 is 20.6 Å². The summed E-state index contributed by atoms with van der Waals surface area (Å²) in [4.78, 5) is 0. The molecule has 2 unspecified atom stereocenters. The first-order valence-electron chi connectivity index (χ1n) is 6.30. The van der Waals surface area contributed by atoms with Crippen molar-refractivity contribution in [2.45, 2.75) is 24.6 Å². The molecule has 0 aliphatic heterocycles. The smallest absolute Gasteiger partial charge is 0.151 e. The van der Waals surface area contributed by atoms with E-state index in [0.29, 0.717) is 6.42 Å². The van der Waals surface area contributed by atoms with Gasteiger partial charge in [0.15, 0.2) is 9.84 Å². The Morgan fingerprint density at radius 2 is 1.74 bits per heavy atom. The summed E-state index contributed by atoms with van der Waals surface area (Å²) in [5.74, 6) is 0. The summed E-state index contributed by atoms with van der Waals surface area (Å²) in [5.41, 5.74) is 7.15. The zero-order valence-corrected chi connectivity index (χ0v) is 12.0. The zero-order valence-electron chi connectivity index (χ0n) is 11.2. The second kappa shape index (κ2) is 5.31. The molecule has 0 heterocycles. The standard InChI is InChI=1S/C15H19NO2S/c1-11(19(2,17)18)15(16)10-13-8-5-7-12-6-3-4-9-14(12)13/h3-9,11,15H,10,16H2,1-2H3. The highest BCUT2D eigenvalue weighted by Gasteiger charge is 2.23. The predicted octanol–water partition coefficient (Wildman–Crippen LogP) is 2.14. The van der Waals surface area contributed by atoms with Crippen LogP contribution in [0.2, 0.25) is 0 Å². The molecule has 0 bridgehead atoms. The fraction of sp³-hybridized carbons (Fsp3) is 0.333. The topological polar surface area (TPSA) is 60.2 Å². The molecule has 0 saturated carbocycles. The van der Waals surface area contributed by atoms with Gasteiger partial charge < -0.3 is 5.73 Å². The number of fused-ring (bicyclic) bond motifs is 1. The number of sulfone groups is 1. The molecule has 0 aliphatic carbocycles. The van der Waals surface area contributed by atoms with Gasteiger partial charge in [-0.15, -0.1) is 0 Å². The molecule has 2 rings (SSSR count). The monoisotopic (exact) mass is 277 g/mol. The number of benzene rings is 2. The normalized spacial score (nSPS) is 15.3. The molecule has 0 radical (unpaired) electrons. The van der Waals surface area contributed by atoms with E-state index in [4.69, 9.17) is 5.73 Å². The third-order valence-electron chi connectivity index (χ3n) is 3.61. The van der Waals surface area contributed by atoms with Gasteiger partial charge in [-0.1, -0.05) is 42.5 Å². The minimum absolute atomic E-state index is 0.388. The molecule has 19 heavy (non-hydrogen) atoms. The van der Waals surface area contributed by atoms with E-state index in [9.17, 15) is 8.42 Å². The second-order valence-electron chi connectivity index (χ2n) is 5.04. The number of hydrogen-bond donors (Lipinski definition) is 1. The van der Waals surface area contributed by atoms with Crippen LogP contribution in [0.4, 0.5) is 0 Å². The molecule has 0 spiro atoms. The Bertz CT molecular complexity index is 674. The highest BCUT2D eigenvalue weighted by Crippen LogP contribution is 2.20. The Morgan fingerprint density at radius 3 is 2.42 bits per heavy atom. The van der Waals surface area contributed by atoms with E-state index in [1.54, 1.807) is 6.92 Å². The average molecular weight is 277 g/mol. The molecule has 2 N–H and O–H groups in total. The maximum absolute atomic E-state index is 11.5. The van der Waals surface area contributed by atoms with Crippen LogP contribution in [0.5, 0.6) is 0 Å². The molecule has 4 heteroatoms. The first kappa shape index (κ1) is 14.0. The van der Waals surface area contributed by atoms with Gasteiger partial charge in [-0.25, -0.2) is 8.42 Å². The molecule has 2 aromatic rings. The summed E-state index contributed by atoms with van der Waals surface area (Å²) in [6.07, 6.45) is 1.80. The highest BCUT2D eigenvalue weighted by molar-refractivity contribution is 7.91. The maximum atomic E-state index is 11.5. The number of hydrogen-bond acceptors (Lipinski definition) is 3. The molecule has 0 aliphatic rings. The summed E-state index contributed by atoms with van der Waals surface area (Å²) < 4.78 is 23.1. The van der Waals surface area contributed by atoms with Crippen LogP contribution in [0.15, 0.2) is 42.5 Å². The van der Waals surface area contributed by atoms with Gasteiger partial charge in [-0.2, -0.15) is 0 Å². The molecule has 0 saturated heterocycles. The summed E-state index contributed by atoms with van der Waals surface area (Å²) in [5, 5.41) is 1.76. The first-order chi connectivity index (χ1) is 8.89. The number of nitrogens with two attached hydrogens (primary N) is 1. The van der Waals surface area contributed by atoms with Crippen molar-refractivity contribution in [1.29, 1.82) is 0 Å². The van der Waals surface area contributed by atoms with Crippen molar-refractivity contribution in [3.05, 3.63) is 48.0 Å². The Hall–Kier alpha value is -1.39. The van der Waals surface area contributed by atoms with Gasteiger partial charge in [-0.3, -0.25) is 0 Å².